The van der Waals surface area contributed by atoms with E-state index in [9.17, 15) is 14.3 Å². The SMILES string of the molecule is COC(=O)COc1ccc(F)c2nc(O)c(Cc3ccc(C#N)cc3)c(C)c12. The summed E-state index contributed by atoms with van der Waals surface area (Å²) in [5.41, 5.74) is 2.44. The number of rotatable bonds is 5. The largest absolute Gasteiger partial charge is 0.493 e. The monoisotopic (exact) mass is 380 g/mol. The number of fused-ring (bicyclic) bond motifs is 1. The lowest BCUT2D eigenvalue weighted by Gasteiger charge is -2.15. The van der Waals surface area contributed by atoms with Crippen LogP contribution in [-0.4, -0.2) is 29.8 Å². The van der Waals surface area contributed by atoms with E-state index in [4.69, 9.17) is 10.00 Å². The maximum absolute atomic E-state index is 14.3. The Hall–Kier alpha value is -3.66. The van der Waals surface area contributed by atoms with Crippen molar-refractivity contribution in [2.75, 3.05) is 13.7 Å². The van der Waals surface area contributed by atoms with Crippen LogP contribution in [0.1, 0.15) is 22.3 Å². The zero-order chi connectivity index (χ0) is 20.3. The van der Waals surface area contributed by atoms with Gasteiger partial charge in [0.05, 0.1) is 18.7 Å². The number of hydrogen-bond donors (Lipinski definition) is 1. The van der Waals surface area contributed by atoms with Crippen LogP contribution in [0.4, 0.5) is 4.39 Å². The van der Waals surface area contributed by atoms with Crippen molar-refractivity contribution in [2.45, 2.75) is 13.3 Å². The Morgan fingerprint density at radius 2 is 1.96 bits per heavy atom. The summed E-state index contributed by atoms with van der Waals surface area (Å²) in [6.45, 7) is 1.40. The summed E-state index contributed by atoms with van der Waals surface area (Å²) in [5.74, 6) is -1.19. The van der Waals surface area contributed by atoms with Gasteiger partial charge in [0.25, 0.3) is 0 Å². The van der Waals surface area contributed by atoms with Crippen molar-refractivity contribution in [2.24, 2.45) is 0 Å². The zero-order valence-corrected chi connectivity index (χ0v) is 15.3. The minimum atomic E-state index is -0.608. The fraction of sp³-hybridized carbons (Fsp3) is 0.190. The average molecular weight is 380 g/mol. The highest BCUT2D eigenvalue weighted by Gasteiger charge is 2.19. The van der Waals surface area contributed by atoms with E-state index in [0.29, 0.717) is 28.5 Å². The molecule has 3 rings (SSSR count). The first kappa shape index (κ1) is 19.1. The van der Waals surface area contributed by atoms with Crippen LogP contribution >= 0.6 is 0 Å². The fourth-order valence-electron chi connectivity index (χ4n) is 2.94. The quantitative estimate of drug-likeness (QED) is 0.682. The summed E-state index contributed by atoms with van der Waals surface area (Å²) in [6.07, 6.45) is 0.333. The maximum Gasteiger partial charge on any atom is 0.343 e. The number of aromatic hydroxyl groups is 1. The molecule has 0 saturated carbocycles. The molecule has 0 aliphatic heterocycles. The molecule has 3 aromatic rings. The van der Waals surface area contributed by atoms with Gasteiger partial charge in [-0.25, -0.2) is 14.2 Å². The lowest BCUT2D eigenvalue weighted by atomic mass is 9.97. The molecule has 0 bridgehead atoms. The molecule has 0 atom stereocenters. The molecule has 0 radical (unpaired) electrons. The van der Waals surface area contributed by atoms with Crippen molar-refractivity contribution >= 4 is 16.9 Å². The summed E-state index contributed by atoms with van der Waals surface area (Å²) >= 11 is 0. The topological polar surface area (TPSA) is 92.4 Å². The molecule has 1 aromatic heterocycles. The molecule has 0 amide bonds. The molecule has 1 N–H and O–H groups in total. The van der Waals surface area contributed by atoms with Crippen LogP contribution in [0.25, 0.3) is 10.9 Å². The molecule has 142 valence electrons. The van der Waals surface area contributed by atoms with E-state index < -0.39 is 11.8 Å². The number of aromatic nitrogens is 1. The number of halogens is 1. The van der Waals surface area contributed by atoms with E-state index in [1.165, 1.54) is 19.2 Å². The van der Waals surface area contributed by atoms with Crippen molar-refractivity contribution in [1.82, 2.24) is 4.98 Å². The fourth-order valence-corrected chi connectivity index (χ4v) is 2.94. The Morgan fingerprint density at radius 1 is 1.25 bits per heavy atom. The van der Waals surface area contributed by atoms with Gasteiger partial charge in [-0.2, -0.15) is 5.26 Å². The molecule has 0 saturated heterocycles. The lowest BCUT2D eigenvalue weighted by molar-refractivity contribution is -0.142. The predicted octanol–water partition coefficient (Wildman–Crippen LogP) is 3.40. The number of nitrogens with zero attached hydrogens (tertiary/aromatic N) is 2. The second-order valence-electron chi connectivity index (χ2n) is 6.16. The summed E-state index contributed by atoms with van der Waals surface area (Å²) in [7, 11) is 1.25. The van der Waals surface area contributed by atoms with Gasteiger partial charge in [0, 0.05) is 17.4 Å². The highest BCUT2D eigenvalue weighted by atomic mass is 19.1. The molecular weight excluding hydrogens is 363 g/mol. The van der Waals surface area contributed by atoms with Gasteiger partial charge in [-0.3, -0.25) is 0 Å². The molecule has 2 aromatic carbocycles. The molecule has 6 nitrogen and oxygen atoms in total. The molecule has 0 fully saturated rings. The average Bonchev–Trinajstić information content (AvgIpc) is 2.71. The van der Waals surface area contributed by atoms with Gasteiger partial charge < -0.3 is 14.6 Å². The third-order valence-corrected chi connectivity index (χ3v) is 4.44. The minimum Gasteiger partial charge on any atom is -0.493 e. The highest BCUT2D eigenvalue weighted by Crippen LogP contribution is 2.35. The van der Waals surface area contributed by atoms with Crippen molar-refractivity contribution in [3.63, 3.8) is 0 Å². The van der Waals surface area contributed by atoms with Crippen molar-refractivity contribution in [1.29, 1.82) is 5.26 Å². The van der Waals surface area contributed by atoms with Gasteiger partial charge in [0.2, 0.25) is 5.88 Å². The normalized spacial score (nSPS) is 10.5. The number of aryl methyl sites for hydroxylation is 1. The van der Waals surface area contributed by atoms with Crippen LogP contribution in [0.5, 0.6) is 11.6 Å². The molecule has 1 heterocycles. The Morgan fingerprint density at radius 3 is 2.61 bits per heavy atom. The summed E-state index contributed by atoms with van der Waals surface area (Å²) in [4.78, 5) is 15.4. The Bertz CT molecular complexity index is 1090. The standard InChI is InChI=1S/C21H17FN2O4/c1-12-15(9-13-3-5-14(10-23)6-4-13)21(26)24-20-16(22)7-8-17(19(12)20)28-11-18(25)27-2/h3-8H,9,11H2,1-2H3,(H,24,26). The number of carbonyl (C=O) groups is 1. The van der Waals surface area contributed by atoms with Gasteiger partial charge >= 0.3 is 5.97 Å². The zero-order valence-electron chi connectivity index (χ0n) is 15.3. The van der Waals surface area contributed by atoms with Gasteiger partial charge in [-0.05, 0) is 42.3 Å². The van der Waals surface area contributed by atoms with Crippen molar-refractivity contribution < 1.29 is 23.8 Å². The smallest absolute Gasteiger partial charge is 0.343 e. The van der Waals surface area contributed by atoms with E-state index in [1.54, 1.807) is 31.2 Å². The van der Waals surface area contributed by atoms with E-state index >= 15 is 0 Å². The molecule has 0 unspecified atom stereocenters. The minimum absolute atomic E-state index is 0.0408. The molecular formula is C21H17FN2O4. The molecule has 28 heavy (non-hydrogen) atoms. The van der Waals surface area contributed by atoms with Crippen LogP contribution in [-0.2, 0) is 16.0 Å². The number of hydrogen-bond acceptors (Lipinski definition) is 6. The van der Waals surface area contributed by atoms with Crippen molar-refractivity contribution in [3.8, 4) is 17.7 Å². The van der Waals surface area contributed by atoms with Gasteiger partial charge in [0.15, 0.2) is 6.61 Å². The number of carbonyl (C=O) groups excluding carboxylic acids is 1. The number of esters is 1. The van der Waals surface area contributed by atoms with Gasteiger partial charge in [-0.1, -0.05) is 12.1 Å². The third-order valence-electron chi connectivity index (χ3n) is 4.44. The first-order valence-corrected chi connectivity index (χ1v) is 8.44. The van der Waals surface area contributed by atoms with Gasteiger partial charge in [0.1, 0.15) is 17.1 Å². The Labute approximate surface area is 160 Å². The van der Waals surface area contributed by atoms with Crippen LogP contribution in [0.15, 0.2) is 36.4 Å². The molecule has 0 spiro atoms. The lowest BCUT2D eigenvalue weighted by Crippen LogP contribution is -2.13. The van der Waals surface area contributed by atoms with Crippen LogP contribution < -0.4 is 4.74 Å². The Balaban J connectivity index is 2.08. The molecule has 0 aliphatic carbocycles. The third kappa shape index (κ3) is 3.71. The highest BCUT2D eigenvalue weighted by molar-refractivity contribution is 5.90. The predicted molar refractivity (Wildman–Crippen MR) is 99.6 cm³/mol. The number of ether oxygens (including phenoxy) is 2. The second kappa shape index (κ2) is 7.92. The van der Waals surface area contributed by atoms with Crippen LogP contribution in [0.2, 0.25) is 0 Å². The maximum atomic E-state index is 14.3. The summed E-state index contributed by atoms with van der Waals surface area (Å²) in [6, 6.07) is 11.6. The molecule has 7 heteroatoms. The number of pyridine rings is 1. The van der Waals surface area contributed by atoms with Crippen LogP contribution in [0, 0.1) is 24.1 Å². The second-order valence-corrected chi connectivity index (χ2v) is 6.16. The van der Waals surface area contributed by atoms with Crippen LogP contribution in [0.3, 0.4) is 0 Å². The van der Waals surface area contributed by atoms with E-state index in [-0.39, 0.29) is 23.8 Å². The van der Waals surface area contributed by atoms with Gasteiger partial charge in [-0.15, -0.1) is 0 Å². The Kier molecular flexibility index (Phi) is 5.41. The molecule has 0 aliphatic rings. The summed E-state index contributed by atoms with van der Waals surface area (Å²) < 4.78 is 24.3. The van der Waals surface area contributed by atoms with Crippen molar-refractivity contribution in [3.05, 3.63) is 64.5 Å². The number of methoxy groups -OCH3 is 1. The first-order chi connectivity index (χ1) is 13.4. The van der Waals surface area contributed by atoms with E-state index in [2.05, 4.69) is 9.72 Å². The first-order valence-electron chi connectivity index (χ1n) is 8.44. The number of nitriles is 1. The summed E-state index contributed by atoms with van der Waals surface area (Å²) in [5, 5.41) is 19.7. The number of benzene rings is 2. The van der Waals surface area contributed by atoms with E-state index in [0.717, 1.165) is 5.56 Å². The van der Waals surface area contributed by atoms with E-state index in [1.807, 2.05) is 6.07 Å².